The summed E-state index contributed by atoms with van der Waals surface area (Å²) in [5.74, 6) is 1.95. The van der Waals surface area contributed by atoms with Crippen LogP contribution in [-0.2, 0) is 4.74 Å². The van der Waals surface area contributed by atoms with E-state index in [-0.39, 0.29) is 12.0 Å². The molecule has 1 aliphatic heterocycles. The average Bonchev–Trinajstić information content (AvgIpc) is 2.86. The van der Waals surface area contributed by atoms with Crippen LogP contribution in [0.3, 0.4) is 0 Å². The molecule has 0 aromatic heterocycles. The normalized spacial score (nSPS) is 15.2. The number of ether oxygens (including phenoxy) is 4. The summed E-state index contributed by atoms with van der Waals surface area (Å²) in [5, 5.41) is 0. The zero-order valence-electron chi connectivity index (χ0n) is 19.1. The van der Waals surface area contributed by atoms with Crippen LogP contribution in [0.5, 0.6) is 17.2 Å². The van der Waals surface area contributed by atoms with E-state index in [0.29, 0.717) is 36.8 Å². The van der Waals surface area contributed by atoms with Crippen molar-refractivity contribution in [1.82, 2.24) is 9.80 Å². The number of rotatable bonds is 10. The zero-order chi connectivity index (χ0) is 22.9. The molecule has 1 atom stereocenters. The largest absolute Gasteiger partial charge is 0.497 e. The molecule has 2 aromatic rings. The van der Waals surface area contributed by atoms with Crippen LogP contribution in [0.4, 0.5) is 0 Å². The second-order valence-corrected chi connectivity index (χ2v) is 7.55. The molecule has 0 aliphatic carbocycles. The number of benzene rings is 2. The summed E-state index contributed by atoms with van der Waals surface area (Å²) in [5.41, 5.74) is 1.61. The van der Waals surface area contributed by atoms with Gasteiger partial charge in [-0.25, -0.2) is 0 Å². The average molecular weight is 441 g/mol. The van der Waals surface area contributed by atoms with Crippen molar-refractivity contribution < 1.29 is 23.7 Å². The number of carbonyl (C=O) groups is 1. The molecule has 1 unspecified atom stereocenters. The minimum Gasteiger partial charge on any atom is -0.497 e. The molecule has 1 heterocycles. The summed E-state index contributed by atoms with van der Waals surface area (Å²) in [6.45, 7) is 7.78. The standard InChI is InChI=1S/C25H32N2O5/c1-5-15-32-24(19-7-6-8-20(16-19)29-2)18-26-11-13-27(14-12-26)25(28)22-10-9-21(30-3)17-23(22)31-4/h5-10,16-17,24H,1,11-15,18H2,2-4H3. The molecular weight excluding hydrogens is 408 g/mol. The van der Waals surface area contributed by atoms with Crippen LogP contribution >= 0.6 is 0 Å². The van der Waals surface area contributed by atoms with E-state index < -0.39 is 0 Å². The molecule has 7 heteroatoms. The van der Waals surface area contributed by atoms with Crippen LogP contribution in [0, 0.1) is 0 Å². The number of carbonyl (C=O) groups excluding carboxylic acids is 1. The van der Waals surface area contributed by atoms with Crippen molar-refractivity contribution in [2.75, 3.05) is 60.7 Å². The van der Waals surface area contributed by atoms with Gasteiger partial charge in [0.2, 0.25) is 0 Å². The quantitative estimate of drug-likeness (QED) is 0.528. The molecule has 0 bridgehead atoms. The van der Waals surface area contributed by atoms with E-state index in [1.54, 1.807) is 45.6 Å². The fraction of sp³-hybridized carbons (Fsp3) is 0.400. The van der Waals surface area contributed by atoms with Crippen LogP contribution in [0.25, 0.3) is 0 Å². The van der Waals surface area contributed by atoms with Gasteiger partial charge in [-0.15, -0.1) is 6.58 Å². The summed E-state index contributed by atoms with van der Waals surface area (Å²) in [7, 11) is 4.81. The molecule has 172 valence electrons. The summed E-state index contributed by atoms with van der Waals surface area (Å²) in [6, 6.07) is 13.2. The van der Waals surface area contributed by atoms with E-state index in [0.717, 1.165) is 30.9 Å². The molecule has 3 rings (SSSR count). The van der Waals surface area contributed by atoms with Gasteiger partial charge in [-0.2, -0.15) is 0 Å². The lowest BCUT2D eigenvalue weighted by atomic mass is 10.1. The smallest absolute Gasteiger partial charge is 0.257 e. The van der Waals surface area contributed by atoms with Crippen molar-refractivity contribution >= 4 is 5.91 Å². The van der Waals surface area contributed by atoms with Crippen LogP contribution in [0.15, 0.2) is 55.1 Å². The maximum Gasteiger partial charge on any atom is 0.257 e. The fourth-order valence-electron chi connectivity index (χ4n) is 3.79. The topological polar surface area (TPSA) is 60.5 Å². The van der Waals surface area contributed by atoms with Gasteiger partial charge < -0.3 is 23.8 Å². The van der Waals surface area contributed by atoms with Crippen molar-refractivity contribution in [2.45, 2.75) is 6.10 Å². The van der Waals surface area contributed by atoms with Gasteiger partial charge in [-0.3, -0.25) is 9.69 Å². The molecule has 1 aliphatic rings. The van der Waals surface area contributed by atoms with E-state index in [1.165, 1.54) is 0 Å². The van der Waals surface area contributed by atoms with Crippen molar-refractivity contribution in [3.8, 4) is 17.2 Å². The van der Waals surface area contributed by atoms with Gasteiger partial charge in [-0.1, -0.05) is 18.2 Å². The van der Waals surface area contributed by atoms with Gasteiger partial charge in [0, 0.05) is 38.8 Å². The molecule has 1 fully saturated rings. The van der Waals surface area contributed by atoms with Gasteiger partial charge in [-0.05, 0) is 29.8 Å². The molecule has 1 amide bonds. The van der Waals surface area contributed by atoms with E-state index in [9.17, 15) is 4.79 Å². The summed E-state index contributed by atoms with van der Waals surface area (Å²) in [6.07, 6.45) is 1.65. The van der Waals surface area contributed by atoms with Gasteiger partial charge >= 0.3 is 0 Å². The molecule has 7 nitrogen and oxygen atoms in total. The Morgan fingerprint density at radius 1 is 1.00 bits per heavy atom. The SMILES string of the molecule is C=CCOC(CN1CCN(C(=O)c2ccc(OC)cc2OC)CC1)c1cccc(OC)c1. The summed E-state index contributed by atoms with van der Waals surface area (Å²) < 4.78 is 22.1. The van der Waals surface area contributed by atoms with E-state index in [2.05, 4.69) is 11.5 Å². The minimum absolute atomic E-state index is 0.0311. The monoisotopic (exact) mass is 440 g/mol. The van der Waals surface area contributed by atoms with Gasteiger partial charge in [0.1, 0.15) is 17.2 Å². The highest BCUT2D eigenvalue weighted by Crippen LogP contribution is 2.27. The highest BCUT2D eigenvalue weighted by molar-refractivity contribution is 5.97. The molecule has 0 saturated carbocycles. The molecule has 0 spiro atoms. The molecule has 0 radical (unpaired) electrons. The Morgan fingerprint density at radius 2 is 1.72 bits per heavy atom. The number of nitrogens with zero attached hydrogens (tertiary/aromatic N) is 2. The van der Waals surface area contributed by atoms with Crippen LogP contribution in [0.1, 0.15) is 22.0 Å². The Kier molecular flexibility index (Phi) is 8.53. The lowest BCUT2D eigenvalue weighted by Crippen LogP contribution is -2.49. The fourth-order valence-corrected chi connectivity index (χ4v) is 3.79. The van der Waals surface area contributed by atoms with E-state index in [1.807, 2.05) is 29.2 Å². The minimum atomic E-state index is -0.105. The third-order valence-electron chi connectivity index (χ3n) is 5.60. The van der Waals surface area contributed by atoms with Crippen LogP contribution in [-0.4, -0.2) is 76.4 Å². The van der Waals surface area contributed by atoms with Crippen molar-refractivity contribution in [1.29, 1.82) is 0 Å². The third-order valence-corrected chi connectivity index (χ3v) is 5.60. The first-order chi connectivity index (χ1) is 15.6. The Labute approximate surface area is 190 Å². The summed E-state index contributed by atoms with van der Waals surface area (Å²) >= 11 is 0. The second-order valence-electron chi connectivity index (χ2n) is 7.55. The molecule has 1 saturated heterocycles. The maximum absolute atomic E-state index is 13.1. The number of hydrogen-bond donors (Lipinski definition) is 0. The van der Waals surface area contributed by atoms with Crippen molar-refractivity contribution in [2.24, 2.45) is 0 Å². The van der Waals surface area contributed by atoms with Crippen LogP contribution in [0.2, 0.25) is 0 Å². The van der Waals surface area contributed by atoms with Crippen molar-refractivity contribution in [3.63, 3.8) is 0 Å². The molecular formula is C25H32N2O5. The summed E-state index contributed by atoms with van der Waals surface area (Å²) in [4.78, 5) is 17.3. The van der Waals surface area contributed by atoms with E-state index >= 15 is 0 Å². The van der Waals surface area contributed by atoms with Crippen molar-refractivity contribution in [3.05, 3.63) is 66.2 Å². The molecule has 2 aromatic carbocycles. The third kappa shape index (κ3) is 5.81. The highest BCUT2D eigenvalue weighted by Gasteiger charge is 2.26. The van der Waals surface area contributed by atoms with Gasteiger partial charge in [0.05, 0.1) is 39.6 Å². The molecule has 32 heavy (non-hydrogen) atoms. The zero-order valence-corrected chi connectivity index (χ0v) is 19.1. The number of hydrogen-bond acceptors (Lipinski definition) is 6. The highest BCUT2D eigenvalue weighted by atomic mass is 16.5. The number of piperazine rings is 1. The second kappa shape index (κ2) is 11.5. The van der Waals surface area contributed by atoms with Crippen LogP contribution < -0.4 is 14.2 Å². The first-order valence-corrected chi connectivity index (χ1v) is 10.7. The Balaban J connectivity index is 1.63. The number of methoxy groups -OCH3 is 3. The van der Waals surface area contributed by atoms with E-state index in [4.69, 9.17) is 18.9 Å². The Hall–Kier alpha value is -3.03. The Morgan fingerprint density at radius 3 is 2.38 bits per heavy atom. The lowest BCUT2D eigenvalue weighted by molar-refractivity contribution is 0.0244. The van der Waals surface area contributed by atoms with Gasteiger partial charge in [0.25, 0.3) is 5.91 Å². The molecule has 0 N–H and O–H groups in total. The maximum atomic E-state index is 13.1. The predicted molar refractivity (Wildman–Crippen MR) is 124 cm³/mol. The van der Waals surface area contributed by atoms with Gasteiger partial charge in [0.15, 0.2) is 0 Å². The Bertz CT molecular complexity index is 909. The predicted octanol–water partition coefficient (Wildman–Crippen LogP) is 3.41. The first-order valence-electron chi connectivity index (χ1n) is 10.7. The lowest BCUT2D eigenvalue weighted by Gasteiger charge is -2.36. The first kappa shape index (κ1) is 23.6. The number of amides is 1.